The number of nitrogens with zero attached hydrogens (tertiary/aromatic N) is 2. The molecule has 3 heterocycles. The molecule has 1 unspecified atom stereocenters. The van der Waals surface area contributed by atoms with Crippen molar-refractivity contribution in [1.82, 2.24) is 20.4 Å². The van der Waals surface area contributed by atoms with Gasteiger partial charge in [-0.25, -0.2) is 0 Å². The van der Waals surface area contributed by atoms with Crippen LogP contribution in [-0.2, 0) is 6.54 Å². The van der Waals surface area contributed by atoms with E-state index in [0.29, 0.717) is 35.4 Å². The number of carbonyl (C=O) groups is 1. The third-order valence-electron chi connectivity index (χ3n) is 5.43. The van der Waals surface area contributed by atoms with Gasteiger partial charge >= 0.3 is 0 Å². The van der Waals surface area contributed by atoms with Crippen LogP contribution >= 0.6 is 0 Å². The Morgan fingerprint density at radius 2 is 2.18 bits per heavy atom. The van der Waals surface area contributed by atoms with Crippen molar-refractivity contribution in [2.24, 2.45) is 5.92 Å². The Labute approximate surface area is 165 Å². The number of aromatic nitrogens is 2. The van der Waals surface area contributed by atoms with E-state index in [9.17, 15) is 4.79 Å². The lowest BCUT2D eigenvalue weighted by Crippen LogP contribution is -2.40. The van der Waals surface area contributed by atoms with Gasteiger partial charge in [0.25, 0.3) is 5.91 Å². The van der Waals surface area contributed by atoms with Crippen LogP contribution in [0, 0.1) is 5.92 Å². The van der Waals surface area contributed by atoms with Crippen molar-refractivity contribution in [2.75, 3.05) is 26.4 Å². The molecule has 2 aliphatic heterocycles. The number of ether oxygens (including phenoxy) is 2. The van der Waals surface area contributed by atoms with Gasteiger partial charge in [-0.2, -0.15) is 5.10 Å². The number of amides is 1. The van der Waals surface area contributed by atoms with Crippen molar-refractivity contribution >= 4 is 5.91 Å². The van der Waals surface area contributed by atoms with Gasteiger partial charge in [0.15, 0.2) is 11.5 Å². The van der Waals surface area contributed by atoms with E-state index in [0.717, 1.165) is 43.9 Å². The van der Waals surface area contributed by atoms with Gasteiger partial charge in [-0.05, 0) is 55.5 Å². The molecule has 150 valence electrons. The molecule has 1 saturated heterocycles. The normalized spacial score (nSPS) is 19.2. The molecule has 1 aromatic heterocycles. The van der Waals surface area contributed by atoms with Crippen LogP contribution in [-0.4, -0.2) is 47.4 Å². The molecule has 0 bridgehead atoms. The van der Waals surface area contributed by atoms with Crippen molar-refractivity contribution in [3.63, 3.8) is 0 Å². The maximum atomic E-state index is 12.5. The summed E-state index contributed by atoms with van der Waals surface area (Å²) in [5, 5.41) is 10.6. The average molecular weight is 384 g/mol. The van der Waals surface area contributed by atoms with Crippen LogP contribution in [0.2, 0.25) is 0 Å². The highest BCUT2D eigenvalue weighted by atomic mass is 16.7. The molecule has 2 aromatic rings. The van der Waals surface area contributed by atoms with E-state index in [1.165, 1.54) is 0 Å². The lowest BCUT2D eigenvalue weighted by atomic mass is 9.97. The molecule has 2 aliphatic rings. The van der Waals surface area contributed by atoms with Crippen molar-refractivity contribution in [3.8, 4) is 11.5 Å². The fraction of sp³-hybridized carbons (Fsp3) is 0.524. The Kier molecular flexibility index (Phi) is 5.52. The average Bonchev–Trinajstić information content (AvgIpc) is 3.35. The van der Waals surface area contributed by atoms with Gasteiger partial charge in [0.1, 0.15) is 0 Å². The number of benzene rings is 1. The van der Waals surface area contributed by atoms with Crippen molar-refractivity contribution in [3.05, 3.63) is 41.2 Å². The Morgan fingerprint density at radius 3 is 3.00 bits per heavy atom. The van der Waals surface area contributed by atoms with Gasteiger partial charge in [-0.15, -0.1) is 0 Å². The summed E-state index contributed by atoms with van der Waals surface area (Å²) in [6, 6.07) is 7.47. The maximum absolute atomic E-state index is 12.5. The van der Waals surface area contributed by atoms with Gasteiger partial charge in [0, 0.05) is 30.9 Å². The molecule has 28 heavy (non-hydrogen) atoms. The summed E-state index contributed by atoms with van der Waals surface area (Å²) >= 11 is 0. The Morgan fingerprint density at radius 1 is 1.32 bits per heavy atom. The monoisotopic (exact) mass is 384 g/mol. The van der Waals surface area contributed by atoms with E-state index in [2.05, 4.69) is 40.3 Å². The first-order chi connectivity index (χ1) is 13.6. The second-order valence-electron chi connectivity index (χ2n) is 7.99. The molecule has 0 aliphatic carbocycles. The topological polar surface area (TPSA) is 79.5 Å². The standard InChI is InChI=1S/C21H28N4O3/c1-14(2)18-9-17(23-24-18)12-25-7-3-4-15(11-25)10-22-21(26)16-5-6-19-20(8-16)28-13-27-19/h5-6,8-9,14-15H,3-4,7,10-13H2,1-2H3,(H,22,26)(H,23,24). The van der Waals surface area contributed by atoms with E-state index in [-0.39, 0.29) is 12.7 Å². The highest BCUT2D eigenvalue weighted by Gasteiger charge is 2.22. The molecule has 7 heteroatoms. The van der Waals surface area contributed by atoms with Crippen LogP contribution < -0.4 is 14.8 Å². The van der Waals surface area contributed by atoms with Crippen molar-refractivity contribution in [2.45, 2.75) is 39.2 Å². The number of carbonyl (C=O) groups excluding carboxylic acids is 1. The summed E-state index contributed by atoms with van der Waals surface area (Å²) in [4.78, 5) is 14.9. The number of aromatic amines is 1. The molecule has 0 radical (unpaired) electrons. The molecule has 1 atom stereocenters. The minimum absolute atomic E-state index is 0.0643. The zero-order chi connectivity index (χ0) is 19.5. The van der Waals surface area contributed by atoms with Crippen LogP contribution in [0.5, 0.6) is 11.5 Å². The maximum Gasteiger partial charge on any atom is 0.251 e. The number of piperidine rings is 1. The van der Waals surface area contributed by atoms with E-state index >= 15 is 0 Å². The minimum atomic E-state index is -0.0643. The molecule has 7 nitrogen and oxygen atoms in total. The Balaban J connectivity index is 1.28. The Bertz CT molecular complexity index is 833. The van der Waals surface area contributed by atoms with Crippen molar-refractivity contribution in [1.29, 1.82) is 0 Å². The first kappa shape index (κ1) is 18.8. The Hall–Kier alpha value is -2.54. The summed E-state index contributed by atoms with van der Waals surface area (Å²) in [5.41, 5.74) is 2.88. The van der Waals surface area contributed by atoms with Crippen LogP contribution in [0.1, 0.15) is 54.4 Å². The zero-order valence-corrected chi connectivity index (χ0v) is 16.5. The third-order valence-corrected chi connectivity index (χ3v) is 5.43. The van der Waals surface area contributed by atoms with E-state index in [4.69, 9.17) is 9.47 Å². The number of nitrogens with one attached hydrogen (secondary N) is 2. The number of fused-ring (bicyclic) bond motifs is 1. The summed E-state index contributed by atoms with van der Waals surface area (Å²) < 4.78 is 10.7. The number of hydrogen-bond donors (Lipinski definition) is 2. The van der Waals surface area contributed by atoms with Gasteiger partial charge in [0.2, 0.25) is 6.79 Å². The summed E-state index contributed by atoms with van der Waals surface area (Å²) in [6.45, 7) is 8.16. The molecule has 1 aromatic carbocycles. The molecule has 0 spiro atoms. The fourth-order valence-electron chi connectivity index (χ4n) is 3.84. The smallest absolute Gasteiger partial charge is 0.251 e. The van der Waals surface area contributed by atoms with E-state index in [1.54, 1.807) is 18.2 Å². The zero-order valence-electron chi connectivity index (χ0n) is 16.5. The summed E-state index contributed by atoms with van der Waals surface area (Å²) in [7, 11) is 0. The fourth-order valence-corrected chi connectivity index (χ4v) is 3.84. The second-order valence-corrected chi connectivity index (χ2v) is 7.99. The van der Waals surface area contributed by atoms with Crippen LogP contribution in [0.4, 0.5) is 0 Å². The largest absolute Gasteiger partial charge is 0.454 e. The molecule has 1 fully saturated rings. The molecule has 1 amide bonds. The molecular weight excluding hydrogens is 356 g/mol. The lowest BCUT2D eigenvalue weighted by Gasteiger charge is -2.32. The third kappa shape index (κ3) is 4.30. The van der Waals surface area contributed by atoms with Gasteiger partial charge in [-0.3, -0.25) is 14.8 Å². The van der Waals surface area contributed by atoms with Crippen LogP contribution in [0.25, 0.3) is 0 Å². The first-order valence-electron chi connectivity index (χ1n) is 10.0. The molecule has 4 rings (SSSR count). The number of likely N-dealkylation sites (tertiary alicyclic amines) is 1. The lowest BCUT2D eigenvalue weighted by molar-refractivity contribution is 0.0930. The SMILES string of the molecule is CC(C)c1cc(CN2CCCC(CNC(=O)c3ccc4c(c3)OCO4)C2)[nH]n1. The molecule has 0 saturated carbocycles. The number of rotatable bonds is 6. The number of H-pyrrole nitrogens is 1. The van der Waals surface area contributed by atoms with E-state index < -0.39 is 0 Å². The van der Waals surface area contributed by atoms with Gasteiger partial charge in [0.05, 0.1) is 5.69 Å². The quantitative estimate of drug-likeness (QED) is 0.801. The summed E-state index contributed by atoms with van der Waals surface area (Å²) in [6.07, 6.45) is 2.29. The predicted molar refractivity (Wildman–Crippen MR) is 106 cm³/mol. The van der Waals surface area contributed by atoms with Gasteiger partial charge < -0.3 is 14.8 Å². The van der Waals surface area contributed by atoms with Gasteiger partial charge in [-0.1, -0.05) is 13.8 Å². The van der Waals surface area contributed by atoms with Crippen molar-refractivity contribution < 1.29 is 14.3 Å². The van der Waals surface area contributed by atoms with E-state index in [1.807, 2.05) is 0 Å². The van der Waals surface area contributed by atoms with Crippen LogP contribution in [0.15, 0.2) is 24.3 Å². The molecular formula is C21H28N4O3. The first-order valence-corrected chi connectivity index (χ1v) is 10.0. The second kappa shape index (κ2) is 8.22. The molecule has 2 N–H and O–H groups in total. The number of hydrogen-bond acceptors (Lipinski definition) is 5. The van der Waals surface area contributed by atoms with Crippen LogP contribution in [0.3, 0.4) is 0 Å². The summed E-state index contributed by atoms with van der Waals surface area (Å²) in [5.74, 6) is 2.16. The predicted octanol–water partition coefficient (Wildman–Crippen LogP) is 2.90. The highest BCUT2D eigenvalue weighted by Crippen LogP contribution is 2.32. The minimum Gasteiger partial charge on any atom is -0.454 e. The highest BCUT2D eigenvalue weighted by molar-refractivity contribution is 5.94.